The summed E-state index contributed by atoms with van der Waals surface area (Å²) in [6, 6.07) is 2.20. The number of alkyl halides is 1. The van der Waals surface area contributed by atoms with E-state index in [0.717, 1.165) is 12.4 Å². The molecule has 0 N–H and O–H groups in total. The van der Waals surface area contributed by atoms with Crippen molar-refractivity contribution in [3.63, 3.8) is 0 Å². The van der Waals surface area contributed by atoms with Crippen molar-refractivity contribution in [1.82, 2.24) is 9.97 Å². The lowest BCUT2D eigenvalue weighted by molar-refractivity contribution is 0.232. The Morgan fingerprint density at radius 1 is 1.29 bits per heavy atom. The number of aromatic nitrogens is 2. The third-order valence-corrected chi connectivity index (χ3v) is 2.40. The second-order valence-corrected chi connectivity index (χ2v) is 4.74. The van der Waals surface area contributed by atoms with Gasteiger partial charge >= 0.3 is 0 Å². The van der Waals surface area contributed by atoms with E-state index in [1.165, 1.54) is 6.33 Å². The van der Waals surface area contributed by atoms with Crippen LogP contribution < -0.4 is 9.64 Å². The van der Waals surface area contributed by atoms with E-state index in [-0.39, 0.29) is 6.10 Å². The molecule has 0 saturated carbocycles. The Morgan fingerprint density at radius 2 is 2.00 bits per heavy atom. The SMILES string of the molecule is CC(C)Oc1cc(N(CCCl)C(C)C)ncn1. The van der Waals surface area contributed by atoms with Gasteiger partial charge in [0.05, 0.1) is 6.10 Å². The van der Waals surface area contributed by atoms with Gasteiger partial charge in [-0.2, -0.15) is 0 Å². The Balaban J connectivity index is 2.87. The van der Waals surface area contributed by atoms with Crippen molar-refractivity contribution in [2.24, 2.45) is 0 Å². The molecule has 5 heteroatoms. The van der Waals surface area contributed by atoms with Gasteiger partial charge in [0.25, 0.3) is 0 Å². The molecule has 0 aliphatic heterocycles. The monoisotopic (exact) mass is 257 g/mol. The van der Waals surface area contributed by atoms with E-state index >= 15 is 0 Å². The van der Waals surface area contributed by atoms with Gasteiger partial charge in [-0.15, -0.1) is 11.6 Å². The van der Waals surface area contributed by atoms with Gasteiger partial charge in [0.2, 0.25) is 5.88 Å². The molecule has 0 unspecified atom stereocenters. The minimum atomic E-state index is 0.110. The lowest BCUT2D eigenvalue weighted by Gasteiger charge is -2.27. The van der Waals surface area contributed by atoms with Crippen molar-refractivity contribution in [3.8, 4) is 5.88 Å². The van der Waals surface area contributed by atoms with Gasteiger partial charge in [-0.25, -0.2) is 9.97 Å². The fraction of sp³-hybridized carbons (Fsp3) is 0.667. The highest BCUT2D eigenvalue weighted by atomic mass is 35.5. The van der Waals surface area contributed by atoms with Crippen molar-refractivity contribution in [2.45, 2.75) is 39.8 Å². The van der Waals surface area contributed by atoms with Gasteiger partial charge in [-0.1, -0.05) is 0 Å². The lowest BCUT2D eigenvalue weighted by atomic mass is 10.3. The molecule has 0 amide bonds. The smallest absolute Gasteiger partial charge is 0.218 e. The molecule has 96 valence electrons. The Kier molecular flexibility index (Phi) is 5.48. The Bertz CT molecular complexity index is 344. The van der Waals surface area contributed by atoms with Gasteiger partial charge in [0.1, 0.15) is 12.1 Å². The predicted octanol–water partition coefficient (Wildman–Crippen LogP) is 2.72. The maximum absolute atomic E-state index is 5.80. The predicted molar refractivity (Wildman–Crippen MR) is 71.0 cm³/mol. The first-order valence-electron chi connectivity index (χ1n) is 5.86. The summed E-state index contributed by atoms with van der Waals surface area (Å²) in [7, 11) is 0. The fourth-order valence-corrected chi connectivity index (χ4v) is 1.70. The molecule has 0 fully saturated rings. The highest BCUT2D eigenvalue weighted by Gasteiger charge is 2.12. The number of nitrogens with zero attached hydrogens (tertiary/aromatic N) is 3. The standard InChI is InChI=1S/C12H20ClN3O/c1-9(2)16(6-5-13)11-7-12(15-8-14-11)17-10(3)4/h7-10H,5-6H2,1-4H3. The molecule has 0 bridgehead atoms. The van der Waals surface area contributed by atoms with Crippen LogP contribution in [-0.4, -0.2) is 34.5 Å². The normalized spacial score (nSPS) is 11.0. The van der Waals surface area contributed by atoms with Gasteiger partial charge in [0.15, 0.2) is 0 Å². The first-order chi connectivity index (χ1) is 8.04. The molecule has 1 aromatic heterocycles. The van der Waals surface area contributed by atoms with Crippen molar-refractivity contribution in [2.75, 3.05) is 17.3 Å². The molecule has 0 aliphatic carbocycles. The van der Waals surface area contributed by atoms with E-state index in [0.29, 0.717) is 17.8 Å². The summed E-state index contributed by atoms with van der Waals surface area (Å²) in [6.07, 6.45) is 1.63. The molecule has 0 spiro atoms. The highest BCUT2D eigenvalue weighted by Crippen LogP contribution is 2.18. The number of hydrogen-bond acceptors (Lipinski definition) is 4. The second kappa shape index (κ2) is 6.64. The molecule has 0 atom stereocenters. The number of anilines is 1. The number of halogens is 1. The van der Waals surface area contributed by atoms with E-state index in [9.17, 15) is 0 Å². The zero-order valence-corrected chi connectivity index (χ0v) is 11.6. The second-order valence-electron chi connectivity index (χ2n) is 4.36. The van der Waals surface area contributed by atoms with Crippen LogP contribution in [0.2, 0.25) is 0 Å². The topological polar surface area (TPSA) is 38.2 Å². The Morgan fingerprint density at radius 3 is 2.53 bits per heavy atom. The van der Waals surface area contributed by atoms with E-state index in [1.807, 2.05) is 19.9 Å². The quantitative estimate of drug-likeness (QED) is 0.735. The Labute approximate surface area is 108 Å². The summed E-state index contributed by atoms with van der Waals surface area (Å²) in [5.41, 5.74) is 0. The van der Waals surface area contributed by atoms with E-state index in [2.05, 4.69) is 28.7 Å². The third kappa shape index (κ3) is 4.38. The summed E-state index contributed by atoms with van der Waals surface area (Å²) in [6.45, 7) is 8.92. The van der Waals surface area contributed by atoms with Crippen molar-refractivity contribution < 1.29 is 4.74 Å². The van der Waals surface area contributed by atoms with E-state index in [1.54, 1.807) is 0 Å². The lowest BCUT2D eigenvalue weighted by Crippen LogP contribution is -2.33. The maximum Gasteiger partial charge on any atom is 0.218 e. The molecule has 0 aliphatic rings. The molecule has 4 nitrogen and oxygen atoms in total. The van der Waals surface area contributed by atoms with Crippen LogP contribution in [0.15, 0.2) is 12.4 Å². The van der Waals surface area contributed by atoms with Gasteiger partial charge in [-0.05, 0) is 27.7 Å². The average Bonchev–Trinajstić information content (AvgIpc) is 2.24. The van der Waals surface area contributed by atoms with E-state index < -0.39 is 0 Å². The summed E-state index contributed by atoms with van der Waals surface area (Å²) >= 11 is 5.80. The molecule has 1 heterocycles. The molecule has 0 saturated heterocycles. The van der Waals surface area contributed by atoms with Crippen LogP contribution in [0.1, 0.15) is 27.7 Å². The summed E-state index contributed by atoms with van der Waals surface area (Å²) in [5, 5.41) is 0. The summed E-state index contributed by atoms with van der Waals surface area (Å²) < 4.78 is 5.55. The maximum atomic E-state index is 5.80. The van der Waals surface area contributed by atoms with Crippen LogP contribution in [0.25, 0.3) is 0 Å². The molecule has 17 heavy (non-hydrogen) atoms. The van der Waals surface area contributed by atoms with Crippen molar-refractivity contribution in [1.29, 1.82) is 0 Å². The van der Waals surface area contributed by atoms with Crippen molar-refractivity contribution >= 4 is 17.4 Å². The molecule has 1 rings (SSSR count). The van der Waals surface area contributed by atoms with Crippen LogP contribution in [0.5, 0.6) is 5.88 Å². The van der Waals surface area contributed by atoms with Crippen molar-refractivity contribution in [3.05, 3.63) is 12.4 Å². The summed E-state index contributed by atoms with van der Waals surface area (Å²) in [5.74, 6) is 2.03. The highest BCUT2D eigenvalue weighted by molar-refractivity contribution is 6.18. The zero-order chi connectivity index (χ0) is 12.8. The molecular formula is C12H20ClN3O. The van der Waals surface area contributed by atoms with Crippen LogP contribution in [-0.2, 0) is 0 Å². The Hall–Kier alpha value is -1.03. The molecule has 0 aromatic carbocycles. The van der Waals surface area contributed by atoms with Gasteiger partial charge in [0, 0.05) is 24.5 Å². The zero-order valence-electron chi connectivity index (χ0n) is 10.9. The minimum Gasteiger partial charge on any atom is -0.475 e. The summed E-state index contributed by atoms with van der Waals surface area (Å²) in [4.78, 5) is 10.5. The molecular weight excluding hydrogens is 238 g/mol. The van der Waals surface area contributed by atoms with Crippen LogP contribution >= 0.6 is 11.6 Å². The number of rotatable bonds is 6. The average molecular weight is 258 g/mol. The van der Waals surface area contributed by atoms with E-state index in [4.69, 9.17) is 16.3 Å². The number of hydrogen-bond donors (Lipinski definition) is 0. The fourth-order valence-electron chi connectivity index (χ4n) is 1.52. The minimum absolute atomic E-state index is 0.110. The molecule has 0 radical (unpaired) electrons. The number of ether oxygens (including phenoxy) is 1. The first kappa shape index (κ1) is 14.0. The third-order valence-electron chi connectivity index (χ3n) is 2.23. The van der Waals surface area contributed by atoms with Gasteiger partial charge < -0.3 is 9.64 Å². The van der Waals surface area contributed by atoms with Crippen LogP contribution in [0.4, 0.5) is 5.82 Å². The van der Waals surface area contributed by atoms with Gasteiger partial charge in [-0.3, -0.25) is 0 Å². The molecule has 1 aromatic rings. The largest absolute Gasteiger partial charge is 0.475 e. The van der Waals surface area contributed by atoms with Crippen LogP contribution in [0.3, 0.4) is 0 Å². The van der Waals surface area contributed by atoms with Crippen LogP contribution in [0, 0.1) is 0 Å². The first-order valence-corrected chi connectivity index (χ1v) is 6.39.